The van der Waals surface area contributed by atoms with Crippen LogP contribution in [0.5, 0.6) is 5.75 Å². The second-order valence-corrected chi connectivity index (χ2v) is 3.99. The van der Waals surface area contributed by atoms with E-state index in [1.807, 2.05) is 12.1 Å². The van der Waals surface area contributed by atoms with Crippen LogP contribution in [0.3, 0.4) is 0 Å². The minimum Gasteiger partial charge on any atom is -0.495 e. The summed E-state index contributed by atoms with van der Waals surface area (Å²) in [6, 6.07) is 5.43. The second-order valence-electron chi connectivity index (χ2n) is 3.14. The first-order valence-corrected chi connectivity index (χ1v) is 5.34. The molecule has 0 aromatic heterocycles. The molecule has 0 radical (unpaired) electrons. The summed E-state index contributed by atoms with van der Waals surface area (Å²) in [6.07, 6.45) is 1.11. The van der Waals surface area contributed by atoms with Gasteiger partial charge in [-0.25, -0.2) is 4.79 Å². The van der Waals surface area contributed by atoms with Gasteiger partial charge in [-0.15, -0.1) is 0 Å². The number of rotatable bonds is 4. The van der Waals surface area contributed by atoms with Gasteiger partial charge in [0.25, 0.3) is 0 Å². The first kappa shape index (κ1) is 12.6. The molecule has 0 aliphatic rings. The molecule has 5 heteroatoms. The van der Waals surface area contributed by atoms with Gasteiger partial charge in [-0.05, 0) is 35.0 Å². The van der Waals surface area contributed by atoms with Crippen LogP contribution in [0.15, 0.2) is 34.4 Å². The molecule has 1 aromatic carbocycles. The van der Waals surface area contributed by atoms with Gasteiger partial charge in [0, 0.05) is 23.5 Å². The number of benzene rings is 1. The maximum absolute atomic E-state index is 10.4. The van der Waals surface area contributed by atoms with E-state index in [4.69, 9.17) is 9.84 Å². The lowest BCUT2D eigenvalue weighted by Gasteiger charge is -2.09. The molecule has 0 bridgehead atoms. The minimum absolute atomic E-state index is 0.553. The highest BCUT2D eigenvalue weighted by atomic mass is 79.9. The highest BCUT2D eigenvalue weighted by molar-refractivity contribution is 9.10. The van der Waals surface area contributed by atoms with E-state index in [9.17, 15) is 4.79 Å². The van der Waals surface area contributed by atoms with E-state index < -0.39 is 5.97 Å². The number of hydrogen-bond donors (Lipinski definition) is 2. The first-order chi connectivity index (χ1) is 7.52. The topological polar surface area (TPSA) is 58.6 Å². The van der Waals surface area contributed by atoms with Crippen molar-refractivity contribution in [1.29, 1.82) is 0 Å². The number of carbonyl (C=O) groups is 1. The number of allylic oxidation sites excluding steroid dienone is 1. The molecule has 0 heterocycles. The molecule has 0 amide bonds. The van der Waals surface area contributed by atoms with Crippen LogP contribution in [-0.4, -0.2) is 18.2 Å². The maximum atomic E-state index is 10.4. The Kier molecular flexibility index (Phi) is 4.37. The number of halogens is 1. The fourth-order valence-electron chi connectivity index (χ4n) is 1.19. The average Bonchev–Trinajstić information content (AvgIpc) is 2.19. The van der Waals surface area contributed by atoms with Gasteiger partial charge in [0.05, 0.1) is 11.6 Å². The van der Waals surface area contributed by atoms with E-state index >= 15 is 0 Å². The second kappa shape index (κ2) is 5.55. The van der Waals surface area contributed by atoms with E-state index in [2.05, 4.69) is 21.2 Å². The molecule has 1 rings (SSSR count). The van der Waals surface area contributed by atoms with Crippen LogP contribution in [0.1, 0.15) is 6.92 Å². The Morgan fingerprint density at radius 1 is 1.56 bits per heavy atom. The van der Waals surface area contributed by atoms with Gasteiger partial charge in [0.2, 0.25) is 0 Å². The molecule has 86 valence electrons. The number of carboxylic acids is 1. The van der Waals surface area contributed by atoms with E-state index in [-0.39, 0.29) is 0 Å². The fraction of sp³-hybridized carbons (Fsp3) is 0.182. The lowest BCUT2D eigenvalue weighted by atomic mass is 10.3. The molecule has 0 aliphatic carbocycles. The van der Waals surface area contributed by atoms with Crippen LogP contribution in [0.25, 0.3) is 0 Å². The van der Waals surface area contributed by atoms with Crippen molar-refractivity contribution in [3.63, 3.8) is 0 Å². The van der Waals surface area contributed by atoms with Crippen molar-refractivity contribution in [3.05, 3.63) is 34.4 Å². The lowest BCUT2D eigenvalue weighted by Crippen LogP contribution is -1.99. The van der Waals surface area contributed by atoms with Crippen molar-refractivity contribution in [1.82, 2.24) is 0 Å². The summed E-state index contributed by atoms with van der Waals surface area (Å²) < 4.78 is 5.97. The molecule has 0 unspecified atom stereocenters. The van der Waals surface area contributed by atoms with Crippen LogP contribution in [0.2, 0.25) is 0 Å². The van der Waals surface area contributed by atoms with Gasteiger partial charge in [-0.2, -0.15) is 0 Å². The number of nitrogens with one attached hydrogen (secondary N) is 1. The highest BCUT2D eigenvalue weighted by Gasteiger charge is 2.02. The summed E-state index contributed by atoms with van der Waals surface area (Å²) in [5.41, 5.74) is 1.33. The van der Waals surface area contributed by atoms with E-state index in [1.54, 1.807) is 20.1 Å². The van der Waals surface area contributed by atoms with Crippen molar-refractivity contribution in [2.75, 3.05) is 12.4 Å². The van der Waals surface area contributed by atoms with Gasteiger partial charge in [-0.3, -0.25) is 0 Å². The number of aliphatic carboxylic acids is 1. The molecule has 0 aliphatic heterocycles. The van der Waals surface area contributed by atoms with E-state index in [1.165, 1.54) is 0 Å². The number of carboxylic acid groups (broad SMARTS) is 1. The Morgan fingerprint density at radius 3 is 2.81 bits per heavy atom. The third kappa shape index (κ3) is 3.58. The molecular weight excluding hydrogens is 274 g/mol. The Labute approximate surface area is 102 Å². The summed E-state index contributed by atoms with van der Waals surface area (Å²) in [6.45, 7) is 1.68. The number of anilines is 1. The molecule has 0 saturated carbocycles. The summed E-state index contributed by atoms with van der Waals surface area (Å²) in [5.74, 6) is -0.290. The summed E-state index contributed by atoms with van der Waals surface area (Å²) in [5, 5.41) is 11.5. The van der Waals surface area contributed by atoms with E-state index in [0.717, 1.165) is 16.2 Å². The van der Waals surface area contributed by atoms with Crippen molar-refractivity contribution in [2.45, 2.75) is 6.92 Å². The number of methoxy groups -OCH3 is 1. The van der Waals surface area contributed by atoms with Crippen LogP contribution in [0.4, 0.5) is 5.69 Å². The first-order valence-electron chi connectivity index (χ1n) is 4.54. The maximum Gasteiger partial charge on any atom is 0.330 e. The Bertz CT molecular complexity index is 429. The van der Waals surface area contributed by atoms with Gasteiger partial charge < -0.3 is 15.2 Å². The molecule has 4 nitrogen and oxygen atoms in total. The standard InChI is InChI=1S/C11H12BrNO3/c1-7(5-11(14)15)13-8-3-4-9(12)10(6-8)16-2/h3-6,13H,1-2H3,(H,14,15)/b7-5-. The Balaban J connectivity index is 2.86. The predicted octanol–water partition coefficient (Wildman–Crippen LogP) is 2.86. The van der Waals surface area contributed by atoms with Crippen molar-refractivity contribution < 1.29 is 14.6 Å². The quantitative estimate of drug-likeness (QED) is 0.836. The van der Waals surface area contributed by atoms with Gasteiger partial charge in [0.15, 0.2) is 0 Å². The van der Waals surface area contributed by atoms with Gasteiger partial charge in [-0.1, -0.05) is 0 Å². The zero-order valence-electron chi connectivity index (χ0n) is 8.95. The van der Waals surface area contributed by atoms with Crippen molar-refractivity contribution >= 4 is 27.6 Å². The smallest absolute Gasteiger partial charge is 0.330 e. The highest BCUT2D eigenvalue weighted by Crippen LogP contribution is 2.28. The Morgan fingerprint density at radius 2 is 2.25 bits per heavy atom. The lowest BCUT2D eigenvalue weighted by molar-refractivity contribution is -0.131. The van der Waals surface area contributed by atoms with Crippen molar-refractivity contribution in [2.24, 2.45) is 0 Å². The fourth-order valence-corrected chi connectivity index (χ4v) is 1.60. The largest absolute Gasteiger partial charge is 0.495 e. The minimum atomic E-state index is -0.978. The number of hydrogen-bond acceptors (Lipinski definition) is 3. The third-order valence-corrected chi connectivity index (χ3v) is 2.49. The monoisotopic (exact) mass is 285 g/mol. The summed E-state index contributed by atoms with van der Waals surface area (Å²) in [7, 11) is 1.57. The molecule has 2 N–H and O–H groups in total. The SMILES string of the molecule is COc1cc(N/C(C)=C\C(=O)O)ccc1Br. The third-order valence-electron chi connectivity index (χ3n) is 1.83. The van der Waals surface area contributed by atoms with Crippen LogP contribution < -0.4 is 10.1 Å². The molecule has 0 saturated heterocycles. The molecule has 0 atom stereocenters. The van der Waals surface area contributed by atoms with Gasteiger partial charge >= 0.3 is 5.97 Å². The molecule has 16 heavy (non-hydrogen) atoms. The summed E-state index contributed by atoms with van der Waals surface area (Å²) in [4.78, 5) is 10.4. The van der Waals surface area contributed by atoms with Crippen LogP contribution >= 0.6 is 15.9 Å². The normalized spacial score (nSPS) is 11.1. The zero-order chi connectivity index (χ0) is 12.1. The van der Waals surface area contributed by atoms with E-state index in [0.29, 0.717) is 11.4 Å². The molecule has 0 spiro atoms. The van der Waals surface area contributed by atoms with Crippen LogP contribution in [-0.2, 0) is 4.79 Å². The van der Waals surface area contributed by atoms with Gasteiger partial charge in [0.1, 0.15) is 5.75 Å². The Hall–Kier alpha value is -1.49. The average molecular weight is 286 g/mol. The molecular formula is C11H12BrNO3. The predicted molar refractivity (Wildman–Crippen MR) is 65.7 cm³/mol. The van der Waals surface area contributed by atoms with Crippen molar-refractivity contribution in [3.8, 4) is 5.75 Å². The zero-order valence-corrected chi connectivity index (χ0v) is 10.5. The summed E-state index contributed by atoms with van der Waals surface area (Å²) >= 11 is 3.34. The van der Waals surface area contributed by atoms with Crippen LogP contribution in [0, 0.1) is 0 Å². The molecule has 1 aromatic rings. The number of ether oxygens (including phenoxy) is 1. The molecule has 0 fully saturated rings.